The molecular weight excluding hydrogens is 398 g/mol. The topological polar surface area (TPSA) is 97.0 Å². The summed E-state index contributed by atoms with van der Waals surface area (Å²) in [6, 6.07) is 10.6. The first-order chi connectivity index (χ1) is 14.9. The fourth-order valence-electron chi connectivity index (χ4n) is 4.09. The summed E-state index contributed by atoms with van der Waals surface area (Å²) < 4.78 is 11.3. The van der Waals surface area contributed by atoms with Crippen molar-refractivity contribution in [1.82, 2.24) is 4.90 Å². The van der Waals surface area contributed by atoms with Crippen LogP contribution in [0.25, 0.3) is 0 Å². The van der Waals surface area contributed by atoms with Crippen LogP contribution in [-0.2, 0) is 9.59 Å². The Morgan fingerprint density at radius 3 is 2.19 bits per heavy atom. The molecule has 2 N–H and O–H groups in total. The van der Waals surface area contributed by atoms with Gasteiger partial charge in [0.1, 0.15) is 13.2 Å². The number of amides is 3. The van der Waals surface area contributed by atoms with Crippen molar-refractivity contribution in [2.75, 3.05) is 30.4 Å². The van der Waals surface area contributed by atoms with Crippen molar-refractivity contribution in [2.45, 2.75) is 32.7 Å². The van der Waals surface area contributed by atoms with E-state index in [0.29, 0.717) is 48.2 Å². The van der Waals surface area contributed by atoms with Crippen LogP contribution in [0.3, 0.4) is 0 Å². The van der Waals surface area contributed by atoms with Crippen LogP contribution in [-0.4, -0.2) is 42.4 Å². The second kappa shape index (κ2) is 8.67. The summed E-state index contributed by atoms with van der Waals surface area (Å²) in [7, 11) is 0. The van der Waals surface area contributed by atoms with Crippen LogP contribution in [0, 0.1) is 0 Å². The molecule has 0 bridgehead atoms. The Morgan fingerprint density at radius 2 is 1.55 bits per heavy atom. The normalized spacial score (nSPS) is 17.2. The Labute approximate surface area is 180 Å². The number of fused-ring (bicyclic) bond motifs is 1. The van der Waals surface area contributed by atoms with E-state index >= 15 is 0 Å². The lowest BCUT2D eigenvalue weighted by Gasteiger charge is -2.27. The minimum Gasteiger partial charge on any atom is -0.486 e. The van der Waals surface area contributed by atoms with Crippen LogP contribution in [0.5, 0.6) is 11.5 Å². The summed E-state index contributed by atoms with van der Waals surface area (Å²) in [5, 5.41) is 5.38. The van der Waals surface area contributed by atoms with E-state index in [-0.39, 0.29) is 23.8 Å². The van der Waals surface area contributed by atoms with Gasteiger partial charge < -0.3 is 25.0 Å². The third kappa shape index (κ3) is 4.63. The first-order valence-corrected chi connectivity index (χ1v) is 10.3. The Morgan fingerprint density at radius 1 is 0.903 bits per heavy atom. The molecular formula is C23H25N3O5. The van der Waals surface area contributed by atoms with E-state index in [2.05, 4.69) is 10.6 Å². The number of carbonyl (C=O) groups excluding carboxylic acids is 3. The lowest BCUT2D eigenvalue weighted by Crippen LogP contribution is -2.31. The molecule has 2 aromatic carbocycles. The minimum absolute atomic E-state index is 0.0861. The van der Waals surface area contributed by atoms with E-state index in [4.69, 9.17) is 9.47 Å². The summed E-state index contributed by atoms with van der Waals surface area (Å²) in [6.45, 7) is 4.45. The molecule has 1 fully saturated rings. The van der Waals surface area contributed by atoms with Gasteiger partial charge in [0.2, 0.25) is 11.8 Å². The van der Waals surface area contributed by atoms with Crippen molar-refractivity contribution in [2.24, 2.45) is 0 Å². The molecule has 2 heterocycles. The van der Waals surface area contributed by atoms with Gasteiger partial charge in [0.25, 0.3) is 5.91 Å². The number of ether oxygens (including phenoxy) is 2. The van der Waals surface area contributed by atoms with Gasteiger partial charge in [-0.05, 0) is 48.7 Å². The van der Waals surface area contributed by atoms with Crippen molar-refractivity contribution in [1.29, 1.82) is 0 Å². The first kappa shape index (κ1) is 20.7. The van der Waals surface area contributed by atoms with Crippen molar-refractivity contribution >= 4 is 29.1 Å². The van der Waals surface area contributed by atoms with Crippen LogP contribution < -0.4 is 20.1 Å². The molecule has 4 rings (SSSR count). The van der Waals surface area contributed by atoms with E-state index in [1.165, 1.54) is 13.8 Å². The second-order valence-electron chi connectivity index (χ2n) is 7.72. The number of likely N-dealkylation sites (tertiary alicyclic amines) is 1. The monoisotopic (exact) mass is 423 g/mol. The molecule has 8 heteroatoms. The number of hydrogen-bond donors (Lipinski definition) is 2. The predicted molar refractivity (Wildman–Crippen MR) is 115 cm³/mol. The highest BCUT2D eigenvalue weighted by Gasteiger charge is 2.32. The maximum Gasteiger partial charge on any atom is 0.254 e. The van der Waals surface area contributed by atoms with Crippen molar-refractivity contribution in [3.63, 3.8) is 0 Å². The van der Waals surface area contributed by atoms with Crippen molar-refractivity contribution < 1.29 is 23.9 Å². The van der Waals surface area contributed by atoms with Gasteiger partial charge in [0.15, 0.2) is 11.5 Å². The molecule has 2 aliphatic rings. The fourth-order valence-corrected chi connectivity index (χ4v) is 4.09. The summed E-state index contributed by atoms with van der Waals surface area (Å²) in [6.07, 6.45) is 1.73. The zero-order valence-electron chi connectivity index (χ0n) is 17.6. The maximum atomic E-state index is 13.4. The zero-order chi connectivity index (χ0) is 22.0. The van der Waals surface area contributed by atoms with Gasteiger partial charge in [-0.25, -0.2) is 0 Å². The Balaban J connectivity index is 1.63. The molecule has 0 aliphatic carbocycles. The molecule has 0 unspecified atom stereocenters. The van der Waals surface area contributed by atoms with Crippen LogP contribution in [0.15, 0.2) is 36.4 Å². The predicted octanol–water partition coefficient (Wildman–Crippen LogP) is 3.35. The first-order valence-electron chi connectivity index (χ1n) is 10.3. The van der Waals surface area contributed by atoms with Crippen LogP contribution in [0.4, 0.5) is 11.4 Å². The summed E-state index contributed by atoms with van der Waals surface area (Å²) >= 11 is 0. The van der Waals surface area contributed by atoms with Crippen LogP contribution in [0.1, 0.15) is 48.7 Å². The van der Waals surface area contributed by atoms with Gasteiger partial charge in [-0.1, -0.05) is 6.07 Å². The standard InChI is InChI=1S/C23H25N3O5/c1-14(27)24-18-10-17(11-19(13-18)25-15(2)28)23(29)26-7-3-4-20(26)16-5-6-21-22(12-16)31-9-8-30-21/h5-6,10-13,20H,3-4,7-9H2,1-2H3,(H,24,27)(H,25,28)/t20-/m1/s1. The minimum atomic E-state index is -0.256. The van der Waals surface area contributed by atoms with Crippen molar-refractivity contribution in [3.05, 3.63) is 47.5 Å². The number of nitrogens with one attached hydrogen (secondary N) is 2. The second-order valence-corrected chi connectivity index (χ2v) is 7.72. The number of benzene rings is 2. The number of rotatable bonds is 4. The van der Waals surface area contributed by atoms with E-state index in [1.54, 1.807) is 18.2 Å². The largest absolute Gasteiger partial charge is 0.486 e. The molecule has 2 aliphatic heterocycles. The molecule has 162 valence electrons. The third-order valence-corrected chi connectivity index (χ3v) is 5.29. The maximum absolute atomic E-state index is 13.4. The van der Waals surface area contributed by atoms with Gasteiger partial charge in [-0.2, -0.15) is 0 Å². The van der Waals surface area contributed by atoms with Gasteiger partial charge in [0, 0.05) is 37.3 Å². The number of carbonyl (C=O) groups is 3. The lowest BCUT2D eigenvalue weighted by atomic mass is 10.0. The van der Waals surface area contributed by atoms with E-state index in [1.807, 2.05) is 23.1 Å². The molecule has 3 amide bonds. The highest BCUT2D eigenvalue weighted by atomic mass is 16.6. The van der Waals surface area contributed by atoms with E-state index in [0.717, 1.165) is 18.4 Å². The molecule has 0 spiro atoms. The van der Waals surface area contributed by atoms with Gasteiger partial charge >= 0.3 is 0 Å². The molecule has 0 aromatic heterocycles. The molecule has 2 aromatic rings. The van der Waals surface area contributed by atoms with Crippen LogP contribution >= 0.6 is 0 Å². The zero-order valence-corrected chi connectivity index (χ0v) is 17.6. The number of nitrogens with zero attached hydrogens (tertiary/aromatic N) is 1. The lowest BCUT2D eigenvalue weighted by molar-refractivity contribution is -0.115. The summed E-state index contributed by atoms with van der Waals surface area (Å²) in [5.41, 5.74) is 2.31. The van der Waals surface area contributed by atoms with Gasteiger partial charge in [0.05, 0.1) is 6.04 Å². The smallest absolute Gasteiger partial charge is 0.254 e. The van der Waals surface area contributed by atoms with Crippen LogP contribution in [0.2, 0.25) is 0 Å². The van der Waals surface area contributed by atoms with Gasteiger partial charge in [-0.3, -0.25) is 14.4 Å². The Kier molecular flexibility index (Phi) is 5.79. The molecule has 0 radical (unpaired) electrons. The molecule has 0 saturated carbocycles. The summed E-state index contributed by atoms with van der Waals surface area (Å²) in [5.74, 6) is 0.746. The summed E-state index contributed by atoms with van der Waals surface area (Å²) in [4.78, 5) is 38.3. The number of hydrogen-bond acceptors (Lipinski definition) is 5. The highest BCUT2D eigenvalue weighted by molar-refractivity contribution is 6.00. The number of anilines is 2. The molecule has 31 heavy (non-hydrogen) atoms. The SMILES string of the molecule is CC(=O)Nc1cc(NC(C)=O)cc(C(=O)N2CCC[C@@H]2c2ccc3c(c2)OCCO3)c1. The molecule has 1 atom stereocenters. The Hall–Kier alpha value is -3.55. The van der Waals surface area contributed by atoms with E-state index in [9.17, 15) is 14.4 Å². The quantitative estimate of drug-likeness (QED) is 0.786. The highest BCUT2D eigenvalue weighted by Crippen LogP contribution is 2.39. The van der Waals surface area contributed by atoms with Gasteiger partial charge in [-0.15, -0.1) is 0 Å². The average Bonchev–Trinajstić information content (AvgIpc) is 3.21. The van der Waals surface area contributed by atoms with Crippen molar-refractivity contribution in [3.8, 4) is 11.5 Å². The third-order valence-electron chi connectivity index (χ3n) is 5.29. The Bertz CT molecular complexity index is 1000. The molecule has 1 saturated heterocycles. The fraction of sp³-hybridized carbons (Fsp3) is 0.348. The molecule has 8 nitrogen and oxygen atoms in total. The average molecular weight is 423 g/mol. The van der Waals surface area contributed by atoms with E-state index < -0.39 is 0 Å².